The fourth-order valence-corrected chi connectivity index (χ4v) is 5.73. The molecule has 186 valence electrons. The average Bonchev–Trinajstić information content (AvgIpc) is 3.23. The van der Waals surface area contributed by atoms with Crippen LogP contribution in [0.5, 0.6) is 0 Å². The Balaban J connectivity index is 1.31. The first-order valence-corrected chi connectivity index (χ1v) is 12.5. The third-order valence-electron chi connectivity index (χ3n) is 7.93. The lowest BCUT2D eigenvalue weighted by atomic mass is 9.96. The fraction of sp³-hybridized carbons (Fsp3) is 0.654. The summed E-state index contributed by atoms with van der Waals surface area (Å²) in [6, 6.07) is 8.65. The van der Waals surface area contributed by atoms with Gasteiger partial charge in [-0.2, -0.15) is 0 Å². The van der Waals surface area contributed by atoms with Crippen molar-refractivity contribution in [3.8, 4) is 0 Å². The van der Waals surface area contributed by atoms with Crippen LogP contribution in [0.25, 0.3) is 0 Å². The van der Waals surface area contributed by atoms with Gasteiger partial charge in [0.25, 0.3) is 0 Å². The highest BCUT2D eigenvalue weighted by molar-refractivity contribution is 5.83. The number of hydrogen-bond donors (Lipinski definition) is 1. The van der Waals surface area contributed by atoms with Gasteiger partial charge >= 0.3 is 5.97 Å². The highest BCUT2D eigenvalue weighted by Gasteiger charge is 2.45. The van der Waals surface area contributed by atoms with Crippen LogP contribution in [0.4, 0.5) is 0 Å². The molecule has 1 N–H and O–H groups in total. The number of ether oxygens (including phenoxy) is 1. The molecule has 3 unspecified atom stereocenters. The van der Waals surface area contributed by atoms with Crippen LogP contribution in [0.15, 0.2) is 24.3 Å². The van der Waals surface area contributed by atoms with Gasteiger partial charge in [0.15, 0.2) is 0 Å². The van der Waals surface area contributed by atoms with E-state index in [0.717, 1.165) is 19.5 Å². The molecule has 0 bridgehead atoms. The molecule has 3 fully saturated rings. The predicted octanol–water partition coefficient (Wildman–Crippen LogP) is 1.56. The normalized spacial score (nSPS) is 26.6. The van der Waals surface area contributed by atoms with E-state index in [4.69, 9.17) is 4.74 Å². The van der Waals surface area contributed by atoms with Crippen LogP contribution in [-0.4, -0.2) is 90.9 Å². The van der Waals surface area contributed by atoms with Gasteiger partial charge in [-0.15, -0.1) is 0 Å². The number of likely N-dealkylation sites (tertiary alicyclic amines) is 2. The second-order valence-corrected chi connectivity index (χ2v) is 10.0. The molecule has 3 heterocycles. The van der Waals surface area contributed by atoms with Crippen LogP contribution in [0.1, 0.15) is 43.2 Å². The topological polar surface area (TPSA) is 82.2 Å². The van der Waals surface area contributed by atoms with Gasteiger partial charge in [0.05, 0.1) is 13.0 Å². The molecule has 0 aliphatic carbocycles. The smallest absolute Gasteiger partial charge is 0.308 e. The maximum absolute atomic E-state index is 13.0. The molecular weight excluding hydrogens is 432 g/mol. The molecule has 34 heavy (non-hydrogen) atoms. The summed E-state index contributed by atoms with van der Waals surface area (Å²) >= 11 is 0. The maximum atomic E-state index is 13.0. The third kappa shape index (κ3) is 5.44. The van der Waals surface area contributed by atoms with Crippen molar-refractivity contribution < 1.29 is 19.1 Å². The molecule has 1 aromatic carbocycles. The van der Waals surface area contributed by atoms with E-state index in [9.17, 15) is 14.4 Å². The average molecular weight is 471 g/mol. The first kappa shape index (κ1) is 24.7. The lowest BCUT2D eigenvalue weighted by Crippen LogP contribution is -2.49. The van der Waals surface area contributed by atoms with Crippen LogP contribution in [-0.2, 0) is 25.7 Å². The van der Waals surface area contributed by atoms with Crippen LogP contribution in [0, 0.1) is 12.8 Å². The van der Waals surface area contributed by atoms with Gasteiger partial charge in [-0.3, -0.25) is 24.2 Å². The summed E-state index contributed by atoms with van der Waals surface area (Å²) < 4.78 is 4.84. The molecule has 4 rings (SSSR count). The Morgan fingerprint density at radius 2 is 1.79 bits per heavy atom. The van der Waals surface area contributed by atoms with Crippen molar-refractivity contribution in [1.29, 1.82) is 0 Å². The predicted molar refractivity (Wildman–Crippen MR) is 129 cm³/mol. The first-order chi connectivity index (χ1) is 16.4. The lowest BCUT2D eigenvalue weighted by Gasteiger charge is -2.34. The highest BCUT2D eigenvalue weighted by Crippen LogP contribution is 2.29. The fourth-order valence-electron chi connectivity index (χ4n) is 5.73. The standard InChI is InChI=1S/C26H38N4O4/c1-18-4-6-19(7-5-18)17-30-15-12-22-24(30)25(32)27-16-21(28(22)2)8-9-23(31)29-13-10-20(11-14-29)26(33)34-3/h4-7,20-22,24H,8-17H2,1-3H3,(H,27,32). The summed E-state index contributed by atoms with van der Waals surface area (Å²) in [6.07, 6.45) is 3.45. The van der Waals surface area contributed by atoms with Crippen molar-refractivity contribution in [2.24, 2.45) is 5.92 Å². The number of hydrogen-bond acceptors (Lipinski definition) is 6. The highest BCUT2D eigenvalue weighted by atomic mass is 16.5. The molecule has 8 heteroatoms. The summed E-state index contributed by atoms with van der Waals surface area (Å²) in [7, 11) is 3.52. The van der Waals surface area contributed by atoms with Crippen molar-refractivity contribution in [2.75, 3.05) is 40.3 Å². The van der Waals surface area contributed by atoms with Gasteiger partial charge in [0.1, 0.15) is 6.04 Å². The molecule has 0 aromatic heterocycles. The van der Waals surface area contributed by atoms with E-state index in [-0.39, 0.29) is 41.8 Å². The van der Waals surface area contributed by atoms with Crippen LogP contribution in [0.3, 0.4) is 0 Å². The number of methoxy groups -OCH3 is 1. The maximum Gasteiger partial charge on any atom is 0.308 e. The molecule has 0 radical (unpaired) electrons. The van der Waals surface area contributed by atoms with Gasteiger partial charge < -0.3 is 15.0 Å². The number of carbonyl (C=O) groups is 3. The monoisotopic (exact) mass is 470 g/mol. The molecule has 3 aliphatic rings. The Labute approximate surface area is 202 Å². The van der Waals surface area contributed by atoms with E-state index >= 15 is 0 Å². The van der Waals surface area contributed by atoms with Gasteiger partial charge in [0.2, 0.25) is 11.8 Å². The minimum atomic E-state index is -0.175. The van der Waals surface area contributed by atoms with Crippen molar-refractivity contribution in [3.63, 3.8) is 0 Å². The van der Waals surface area contributed by atoms with Gasteiger partial charge in [0, 0.05) is 51.2 Å². The zero-order valence-corrected chi connectivity index (χ0v) is 20.7. The van der Waals surface area contributed by atoms with E-state index < -0.39 is 0 Å². The molecule has 0 spiro atoms. The number of nitrogens with zero attached hydrogens (tertiary/aromatic N) is 3. The Kier molecular flexibility index (Phi) is 7.88. The minimum Gasteiger partial charge on any atom is -0.469 e. The molecule has 3 aliphatic heterocycles. The molecule has 0 saturated carbocycles. The van der Waals surface area contributed by atoms with E-state index in [1.807, 2.05) is 4.90 Å². The number of amides is 2. The molecule has 3 saturated heterocycles. The Bertz CT molecular complexity index is 881. The number of likely N-dealkylation sites (N-methyl/N-ethyl adjacent to an activating group) is 1. The summed E-state index contributed by atoms with van der Waals surface area (Å²) in [5.74, 6) is -0.0405. The third-order valence-corrected chi connectivity index (χ3v) is 7.93. The molecular formula is C26H38N4O4. The number of rotatable bonds is 6. The van der Waals surface area contributed by atoms with Crippen LogP contribution < -0.4 is 5.32 Å². The lowest BCUT2D eigenvalue weighted by molar-refractivity contribution is -0.149. The number of piperidine rings is 1. The zero-order chi connectivity index (χ0) is 24.2. The van der Waals surface area contributed by atoms with Crippen molar-refractivity contribution in [3.05, 3.63) is 35.4 Å². The molecule has 2 amide bonds. The Morgan fingerprint density at radius 3 is 2.47 bits per heavy atom. The van der Waals surface area contributed by atoms with Crippen LogP contribution >= 0.6 is 0 Å². The molecule has 3 atom stereocenters. The summed E-state index contributed by atoms with van der Waals surface area (Å²) in [4.78, 5) is 44.1. The van der Waals surface area contributed by atoms with Gasteiger partial charge in [-0.25, -0.2) is 0 Å². The van der Waals surface area contributed by atoms with E-state index in [1.54, 1.807) is 0 Å². The van der Waals surface area contributed by atoms with Gasteiger partial charge in [-0.05, 0) is 45.2 Å². The quantitative estimate of drug-likeness (QED) is 0.636. The summed E-state index contributed by atoms with van der Waals surface area (Å²) in [6.45, 7) is 5.52. The van der Waals surface area contributed by atoms with E-state index in [2.05, 4.69) is 53.4 Å². The largest absolute Gasteiger partial charge is 0.469 e. The number of benzene rings is 1. The van der Waals surface area contributed by atoms with E-state index in [1.165, 1.54) is 18.2 Å². The van der Waals surface area contributed by atoms with Gasteiger partial charge in [-0.1, -0.05) is 29.8 Å². The van der Waals surface area contributed by atoms with Crippen molar-refractivity contribution in [1.82, 2.24) is 20.0 Å². The van der Waals surface area contributed by atoms with E-state index in [0.29, 0.717) is 45.3 Å². The Morgan fingerprint density at radius 1 is 1.09 bits per heavy atom. The number of nitrogens with one attached hydrogen (secondary N) is 1. The number of fused-ring (bicyclic) bond motifs is 1. The zero-order valence-electron chi connectivity index (χ0n) is 20.7. The second-order valence-electron chi connectivity index (χ2n) is 10.0. The number of carbonyl (C=O) groups excluding carboxylic acids is 3. The second kappa shape index (κ2) is 10.9. The SMILES string of the molecule is COC(=O)C1CCN(C(=O)CCC2CNC(=O)C3C(CCN3Cc3ccc(C)cc3)N2C)CC1. The molecule has 8 nitrogen and oxygen atoms in total. The summed E-state index contributed by atoms with van der Waals surface area (Å²) in [5, 5.41) is 3.15. The number of aryl methyl sites for hydroxylation is 1. The van der Waals surface area contributed by atoms with Crippen LogP contribution in [0.2, 0.25) is 0 Å². The first-order valence-electron chi connectivity index (χ1n) is 12.5. The molecule has 1 aromatic rings. The van der Waals surface area contributed by atoms with Crippen molar-refractivity contribution >= 4 is 17.8 Å². The Hall–Kier alpha value is -2.45. The summed E-state index contributed by atoms with van der Waals surface area (Å²) in [5.41, 5.74) is 2.46. The number of esters is 1. The van der Waals surface area contributed by atoms with Crippen molar-refractivity contribution in [2.45, 2.75) is 63.7 Å². The minimum absolute atomic E-state index is 0.0974.